The van der Waals surface area contributed by atoms with Crippen LogP contribution in [0.4, 0.5) is 0 Å². The van der Waals surface area contributed by atoms with Crippen LogP contribution in [0.25, 0.3) is 6.08 Å². The molecule has 0 radical (unpaired) electrons. The molecule has 0 aromatic heterocycles. The summed E-state index contributed by atoms with van der Waals surface area (Å²) >= 11 is 0. The van der Waals surface area contributed by atoms with Gasteiger partial charge in [-0.15, -0.1) is 0 Å². The van der Waals surface area contributed by atoms with Gasteiger partial charge in [0.25, 0.3) is 0 Å². The van der Waals surface area contributed by atoms with Crippen LogP contribution < -0.4 is 0 Å². The Balaban J connectivity index is 1.61. The molecule has 0 fully saturated rings. The van der Waals surface area contributed by atoms with Crippen molar-refractivity contribution in [3.05, 3.63) is 88.5 Å². The van der Waals surface area contributed by atoms with Crippen LogP contribution in [-0.4, -0.2) is 0 Å². The first-order chi connectivity index (χ1) is 9.81. The molecule has 0 N–H and O–H groups in total. The van der Waals surface area contributed by atoms with Crippen LogP contribution in [0.2, 0.25) is 0 Å². The first-order valence-electron chi connectivity index (χ1n) is 7.34. The Labute approximate surface area is 120 Å². The Morgan fingerprint density at radius 1 is 0.900 bits per heavy atom. The van der Waals surface area contributed by atoms with E-state index in [1.54, 1.807) is 5.57 Å². The van der Waals surface area contributed by atoms with Gasteiger partial charge in [-0.25, -0.2) is 0 Å². The fraction of sp³-hybridized carbons (Fsp3) is 0.200. The van der Waals surface area contributed by atoms with E-state index in [1.165, 1.54) is 27.8 Å². The first kappa shape index (κ1) is 11.7. The third-order valence-electron chi connectivity index (χ3n) is 4.64. The van der Waals surface area contributed by atoms with Crippen LogP contribution in [0.15, 0.2) is 66.3 Å². The number of hydrogen-bond donors (Lipinski definition) is 0. The van der Waals surface area contributed by atoms with Crippen molar-refractivity contribution in [2.24, 2.45) is 0 Å². The molecular formula is C20H18. The topological polar surface area (TPSA) is 0 Å². The van der Waals surface area contributed by atoms with E-state index in [-0.39, 0.29) is 0 Å². The lowest BCUT2D eigenvalue weighted by Crippen LogP contribution is -1.98. The average Bonchev–Trinajstić information content (AvgIpc) is 3.00. The van der Waals surface area contributed by atoms with Gasteiger partial charge in [0, 0.05) is 5.92 Å². The lowest BCUT2D eigenvalue weighted by atomic mass is 9.90. The third kappa shape index (κ3) is 1.84. The molecule has 2 aromatic rings. The van der Waals surface area contributed by atoms with E-state index in [9.17, 15) is 0 Å². The van der Waals surface area contributed by atoms with Gasteiger partial charge in [-0.1, -0.05) is 72.3 Å². The zero-order valence-corrected chi connectivity index (χ0v) is 11.6. The van der Waals surface area contributed by atoms with Crippen molar-refractivity contribution in [1.82, 2.24) is 0 Å². The van der Waals surface area contributed by atoms with E-state index in [0.29, 0.717) is 5.92 Å². The third-order valence-corrected chi connectivity index (χ3v) is 4.64. The Kier molecular flexibility index (Phi) is 2.63. The number of allylic oxidation sites excluding steroid dienone is 2. The van der Waals surface area contributed by atoms with Gasteiger partial charge in [0.05, 0.1) is 0 Å². The molecule has 0 aliphatic heterocycles. The molecule has 0 heterocycles. The minimum atomic E-state index is 0.520. The normalized spacial score (nSPS) is 19.7. The second-order valence-corrected chi connectivity index (χ2v) is 5.97. The van der Waals surface area contributed by atoms with Gasteiger partial charge in [0.1, 0.15) is 0 Å². The molecule has 1 atom stereocenters. The van der Waals surface area contributed by atoms with Crippen LogP contribution in [0, 0.1) is 0 Å². The summed E-state index contributed by atoms with van der Waals surface area (Å²) < 4.78 is 0. The summed E-state index contributed by atoms with van der Waals surface area (Å²) in [5, 5.41) is 0. The van der Waals surface area contributed by atoms with E-state index in [1.807, 2.05) is 0 Å². The van der Waals surface area contributed by atoms with Crippen molar-refractivity contribution in [2.75, 3.05) is 0 Å². The van der Waals surface area contributed by atoms with Gasteiger partial charge in [0.15, 0.2) is 0 Å². The summed E-state index contributed by atoms with van der Waals surface area (Å²) in [6.45, 7) is 4.31. The van der Waals surface area contributed by atoms with Crippen molar-refractivity contribution in [2.45, 2.75) is 25.2 Å². The molecule has 0 saturated heterocycles. The number of rotatable bonds is 2. The van der Waals surface area contributed by atoms with Crippen LogP contribution in [0.3, 0.4) is 0 Å². The van der Waals surface area contributed by atoms with Crippen molar-refractivity contribution in [3.8, 4) is 0 Å². The van der Waals surface area contributed by atoms with Crippen LogP contribution in [0.5, 0.6) is 0 Å². The van der Waals surface area contributed by atoms with Crippen molar-refractivity contribution in [3.63, 3.8) is 0 Å². The average molecular weight is 258 g/mol. The van der Waals surface area contributed by atoms with Gasteiger partial charge in [-0.2, -0.15) is 0 Å². The summed E-state index contributed by atoms with van der Waals surface area (Å²) in [7, 11) is 0. The van der Waals surface area contributed by atoms with Gasteiger partial charge >= 0.3 is 0 Å². The highest BCUT2D eigenvalue weighted by Crippen LogP contribution is 2.42. The molecule has 0 heteroatoms. The van der Waals surface area contributed by atoms with Crippen molar-refractivity contribution in [1.29, 1.82) is 0 Å². The Morgan fingerprint density at radius 2 is 1.65 bits per heavy atom. The highest BCUT2D eigenvalue weighted by molar-refractivity contribution is 5.64. The molecule has 0 saturated carbocycles. The Bertz CT molecular complexity index is 718. The van der Waals surface area contributed by atoms with E-state index in [4.69, 9.17) is 0 Å². The maximum absolute atomic E-state index is 4.31. The molecule has 1 unspecified atom stereocenters. The molecule has 20 heavy (non-hydrogen) atoms. The molecular weight excluding hydrogens is 240 g/mol. The zero-order valence-electron chi connectivity index (χ0n) is 11.6. The SMILES string of the molecule is C=C1Cc2ccccc2C1CC1=Cc2ccccc2C1. The van der Waals surface area contributed by atoms with Crippen molar-refractivity contribution < 1.29 is 0 Å². The highest BCUT2D eigenvalue weighted by atomic mass is 14.3. The molecule has 2 aliphatic rings. The lowest BCUT2D eigenvalue weighted by molar-refractivity contribution is 0.792. The Morgan fingerprint density at radius 3 is 2.50 bits per heavy atom. The van der Waals surface area contributed by atoms with Gasteiger partial charge < -0.3 is 0 Å². The first-order valence-corrected chi connectivity index (χ1v) is 7.34. The zero-order chi connectivity index (χ0) is 13.5. The van der Waals surface area contributed by atoms with Gasteiger partial charge in [-0.3, -0.25) is 0 Å². The summed E-state index contributed by atoms with van der Waals surface area (Å²) in [5.41, 5.74) is 8.77. The molecule has 4 rings (SSSR count). The number of hydrogen-bond acceptors (Lipinski definition) is 0. The van der Waals surface area contributed by atoms with Crippen molar-refractivity contribution >= 4 is 6.08 Å². The lowest BCUT2D eigenvalue weighted by Gasteiger charge is -2.14. The van der Waals surface area contributed by atoms with E-state index in [2.05, 4.69) is 61.2 Å². The summed E-state index contributed by atoms with van der Waals surface area (Å²) in [4.78, 5) is 0. The minimum Gasteiger partial charge on any atom is -0.0989 e. The predicted molar refractivity (Wildman–Crippen MR) is 84.8 cm³/mol. The van der Waals surface area contributed by atoms with Crippen LogP contribution >= 0.6 is 0 Å². The smallest absolute Gasteiger partial charge is 0.00890 e. The quantitative estimate of drug-likeness (QED) is 0.671. The van der Waals surface area contributed by atoms with E-state index >= 15 is 0 Å². The summed E-state index contributed by atoms with van der Waals surface area (Å²) in [6, 6.07) is 17.6. The second-order valence-electron chi connectivity index (χ2n) is 5.97. The highest BCUT2D eigenvalue weighted by Gasteiger charge is 2.27. The minimum absolute atomic E-state index is 0.520. The molecule has 2 aliphatic carbocycles. The second kappa shape index (κ2) is 4.49. The number of fused-ring (bicyclic) bond motifs is 2. The number of benzene rings is 2. The monoisotopic (exact) mass is 258 g/mol. The predicted octanol–water partition coefficient (Wildman–Crippen LogP) is 4.91. The standard InChI is InChI=1S/C20H18/c1-14-10-18-8-4-5-9-19(18)20(14)13-15-11-16-6-2-3-7-17(16)12-15/h2-9,11,20H,1,10,12-13H2. The van der Waals surface area contributed by atoms with Crippen LogP contribution in [-0.2, 0) is 12.8 Å². The molecule has 98 valence electrons. The van der Waals surface area contributed by atoms with E-state index in [0.717, 1.165) is 19.3 Å². The van der Waals surface area contributed by atoms with Crippen LogP contribution in [0.1, 0.15) is 34.6 Å². The molecule has 0 bridgehead atoms. The summed E-state index contributed by atoms with van der Waals surface area (Å²) in [6.07, 6.45) is 5.68. The van der Waals surface area contributed by atoms with Gasteiger partial charge in [-0.05, 0) is 41.5 Å². The fourth-order valence-electron chi connectivity index (χ4n) is 3.62. The summed E-state index contributed by atoms with van der Waals surface area (Å²) in [5.74, 6) is 0.520. The van der Waals surface area contributed by atoms with Gasteiger partial charge in [0.2, 0.25) is 0 Å². The maximum Gasteiger partial charge on any atom is 0.00890 e. The maximum atomic E-state index is 4.31. The fourth-order valence-corrected chi connectivity index (χ4v) is 3.62. The largest absolute Gasteiger partial charge is 0.0989 e. The molecule has 0 spiro atoms. The van der Waals surface area contributed by atoms with E-state index < -0.39 is 0 Å². The molecule has 0 nitrogen and oxygen atoms in total. The Hall–Kier alpha value is -2.08. The molecule has 0 amide bonds. The molecule has 2 aromatic carbocycles.